The highest BCUT2D eigenvalue weighted by atomic mass is 16.5. The largest absolute Gasteiger partial charge is 0.464 e. The van der Waals surface area contributed by atoms with Gasteiger partial charge in [0, 0.05) is 26.0 Å². The van der Waals surface area contributed by atoms with E-state index in [9.17, 15) is 4.79 Å². The van der Waals surface area contributed by atoms with Crippen LogP contribution < -0.4 is 0 Å². The van der Waals surface area contributed by atoms with E-state index in [0.717, 1.165) is 63.2 Å². The lowest BCUT2D eigenvalue weighted by molar-refractivity contribution is -0.133. The third-order valence-corrected chi connectivity index (χ3v) is 4.64. The number of aryl methyl sites for hydroxylation is 1. The molecule has 2 atom stereocenters. The maximum absolute atomic E-state index is 12.5. The second-order valence-electron chi connectivity index (χ2n) is 6.08. The van der Waals surface area contributed by atoms with Gasteiger partial charge in [0.1, 0.15) is 11.5 Å². The van der Waals surface area contributed by atoms with Crippen LogP contribution in [-0.4, -0.2) is 30.1 Å². The standard InChI is InChI=1S/C17H25NO3/c1-2-13-7-9-16(21-13)15-6-3-11-18(15)17(19)10-8-14-5-4-12-20-14/h7,9,14-15H,2-6,8,10-12H2,1H3/t14-,15+/m1/s1. The molecular formula is C17H25NO3. The fourth-order valence-electron chi connectivity index (χ4n) is 3.42. The van der Waals surface area contributed by atoms with Crippen LogP contribution in [0.15, 0.2) is 16.5 Å². The molecule has 0 bridgehead atoms. The second kappa shape index (κ2) is 6.65. The van der Waals surface area contributed by atoms with Crippen LogP contribution in [0, 0.1) is 0 Å². The first-order valence-electron chi connectivity index (χ1n) is 8.27. The maximum atomic E-state index is 12.5. The molecule has 4 nitrogen and oxygen atoms in total. The van der Waals surface area contributed by atoms with E-state index in [4.69, 9.17) is 9.15 Å². The number of carbonyl (C=O) groups is 1. The zero-order chi connectivity index (χ0) is 14.7. The minimum absolute atomic E-state index is 0.141. The van der Waals surface area contributed by atoms with Crippen molar-refractivity contribution in [2.24, 2.45) is 0 Å². The van der Waals surface area contributed by atoms with Gasteiger partial charge in [-0.2, -0.15) is 0 Å². The van der Waals surface area contributed by atoms with Crippen molar-refractivity contribution in [1.29, 1.82) is 0 Å². The fourth-order valence-corrected chi connectivity index (χ4v) is 3.42. The molecule has 21 heavy (non-hydrogen) atoms. The minimum atomic E-state index is 0.141. The molecule has 0 spiro atoms. The number of rotatable bonds is 5. The average Bonchev–Trinajstić information content (AvgIpc) is 3.23. The third-order valence-electron chi connectivity index (χ3n) is 4.64. The lowest BCUT2D eigenvalue weighted by atomic mass is 10.1. The van der Waals surface area contributed by atoms with Gasteiger partial charge in [-0.1, -0.05) is 6.92 Å². The zero-order valence-electron chi connectivity index (χ0n) is 12.8. The van der Waals surface area contributed by atoms with E-state index < -0.39 is 0 Å². The highest BCUT2D eigenvalue weighted by Crippen LogP contribution is 2.34. The summed E-state index contributed by atoms with van der Waals surface area (Å²) in [7, 11) is 0. The van der Waals surface area contributed by atoms with E-state index in [1.165, 1.54) is 0 Å². The summed E-state index contributed by atoms with van der Waals surface area (Å²) in [4.78, 5) is 14.5. The van der Waals surface area contributed by atoms with Gasteiger partial charge in [0.2, 0.25) is 5.91 Å². The van der Waals surface area contributed by atoms with Crippen LogP contribution in [-0.2, 0) is 16.0 Å². The predicted molar refractivity (Wildman–Crippen MR) is 80.0 cm³/mol. The van der Waals surface area contributed by atoms with Gasteiger partial charge in [-0.25, -0.2) is 0 Å². The first-order valence-corrected chi connectivity index (χ1v) is 8.27. The molecule has 2 fully saturated rings. The molecule has 0 N–H and O–H groups in total. The summed E-state index contributed by atoms with van der Waals surface area (Å²) in [5.74, 6) is 2.21. The molecule has 1 aromatic heterocycles. The van der Waals surface area contributed by atoms with Gasteiger partial charge in [-0.05, 0) is 44.2 Å². The van der Waals surface area contributed by atoms with Crippen molar-refractivity contribution in [1.82, 2.24) is 4.90 Å². The number of furan rings is 1. The Kier molecular flexibility index (Phi) is 4.63. The van der Waals surface area contributed by atoms with E-state index >= 15 is 0 Å². The SMILES string of the molecule is CCc1ccc([C@@H]2CCCN2C(=O)CC[C@H]2CCCO2)o1. The van der Waals surface area contributed by atoms with Crippen molar-refractivity contribution >= 4 is 5.91 Å². The van der Waals surface area contributed by atoms with Crippen molar-refractivity contribution in [3.63, 3.8) is 0 Å². The molecule has 0 saturated carbocycles. The summed E-state index contributed by atoms with van der Waals surface area (Å²) in [5, 5.41) is 0. The molecule has 1 amide bonds. The minimum Gasteiger partial charge on any atom is -0.464 e. The molecule has 1 aromatic rings. The molecule has 0 unspecified atom stereocenters. The quantitative estimate of drug-likeness (QED) is 0.834. The number of ether oxygens (including phenoxy) is 1. The Hall–Kier alpha value is -1.29. The Morgan fingerprint density at radius 3 is 2.95 bits per heavy atom. The molecule has 2 aliphatic rings. The van der Waals surface area contributed by atoms with E-state index in [2.05, 4.69) is 6.92 Å². The number of amides is 1. The Balaban J connectivity index is 1.58. The summed E-state index contributed by atoms with van der Waals surface area (Å²) < 4.78 is 11.5. The lowest BCUT2D eigenvalue weighted by Crippen LogP contribution is -2.30. The molecule has 3 heterocycles. The number of carbonyl (C=O) groups excluding carboxylic acids is 1. The number of nitrogens with zero attached hydrogens (tertiary/aromatic N) is 1. The molecule has 0 aromatic carbocycles. The van der Waals surface area contributed by atoms with Crippen LogP contribution in [0.1, 0.15) is 63.0 Å². The summed E-state index contributed by atoms with van der Waals surface area (Å²) in [6.45, 7) is 3.80. The van der Waals surface area contributed by atoms with Crippen molar-refractivity contribution in [2.45, 2.75) is 64.0 Å². The first-order chi connectivity index (χ1) is 10.3. The van der Waals surface area contributed by atoms with E-state index in [1.54, 1.807) is 0 Å². The Bertz CT molecular complexity index is 476. The molecule has 0 aliphatic carbocycles. The Morgan fingerprint density at radius 2 is 2.24 bits per heavy atom. The van der Waals surface area contributed by atoms with Crippen molar-refractivity contribution < 1.29 is 13.9 Å². The molecule has 3 rings (SSSR count). The molecule has 0 radical (unpaired) electrons. The Labute approximate surface area is 126 Å². The summed E-state index contributed by atoms with van der Waals surface area (Å²) in [6, 6.07) is 4.21. The highest BCUT2D eigenvalue weighted by molar-refractivity contribution is 5.77. The van der Waals surface area contributed by atoms with Gasteiger partial charge in [0.05, 0.1) is 12.1 Å². The Morgan fingerprint density at radius 1 is 1.33 bits per heavy atom. The zero-order valence-corrected chi connectivity index (χ0v) is 12.8. The van der Waals surface area contributed by atoms with Crippen LogP contribution in [0.25, 0.3) is 0 Å². The van der Waals surface area contributed by atoms with Crippen molar-refractivity contribution in [3.05, 3.63) is 23.7 Å². The summed E-state index contributed by atoms with van der Waals surface area (Å²) in [5.41, 5.74) is 0. The lowest BCUT2D eigenvalue weighted by Gasteiger charge is -2.23. The van der Waals surface area contributed by atoms with Gasteiger partial charge in [-0.15, -0.1) is 0 Å². The molecule has 116 valence electrons. The van der Waals surface area contributed by atoms with Gasteiger partial charge in [0.15, 0.2) is 0 Å². The molecule has 2 saturated heterocycles. The van der Waals surface area contributed by atoms with Crippen LogP contribution in [0.2, 0.25) is 0 Å². The van der Waals surface area contributed by atoms with Crippen LogP contribution in [0.3, 0.4) is 0 Å². The van der Waals surface area contributed by atoms with E-state index in [0.29, 0.717) is 12.5 Å². The summed E-state index contributed by atoms with van der Waals surface area (Å²) >= 11 is 0. The van der Waals surface area contributed by atoms with Gasteiger partial charge in [0.25, 0.3) is 0 Å². The monoisotopic (exact) mass is 291 g/mol. The van der Waals surface area contributed by atoms with Crippen LogP contribution in [0.4, 0.5) is 0 Å². The smallest absolute Gasteiger partial charge is 0.223 e. The first kappa shape index (κ1) is 14.6. The fraction of sp³-hybridized carbons (Fsp3) is 0.706. The van der Waals surface area contributed by atoms with Crippen LogP contribution in [0.5, 0.6) is 0 Å². The van der Waals surface area contributed by atoms with Gasteiger partial charge < -0.3 is 14.1 Å². The second-order valence-corrected chi connectivity index (χ2v) is 6.08. The average molecular weight is 291 g/mol. The molecule has 4 heteroatoms. The predicted octanol–water partition coefficient (Wildman–Crippen LogP) is 3.46. The highest BCUT2D eigenvalue weighted by Gasteiger charge is 2.32. The topological polar surface area (TPSA) is 42.7 Å². The third kappa shape index (κ3) is 3.31. The number of hydrogen-bond donors (Lipinski definition) is 0. The number of likely N-dealkylation sites (tertiary alicyclic amines) is 1. The maximum Gasteiger partial charge on any atom is 0.223 e. The van der Waals surface area contributed by atoms with Crippen molar-refractivity contribution in [2.75, 3.05) is 13.2 Å². The molecule has 2 aliphatic heterocycles. The van der Waals surface area contributed by atoms with E-state index in [-0.39, 0.29) is 11.9 Å². The van der Waals surface area contributed by atoms with Gasteiger partial charge in [-0.3, -0.25) is 4.79 Å². The van der Waals surface area contributed by atoms with Crippen LogP contribution >= 0.6 is 0 Å². The van der Waals surface area contributed by atoms with Crippen molar-refractivity contribution in [3.8, 4) is 0 Å². The van der Waals surface area contributed by atoms with E-state index in [1.807, 2.05) is 17.0 Å². The summed E-state index contributed by atoms with van der Waals surface area (Å²) in [6.07, 6.45) is 6.99. The number of hydrogen-bond acceptors (Lipinski definition) is 3. The van der Waals surface area contributed by atoms with Gasteiger partial charge >= 0.3 is 0 Å². The molecular weight excluding hydrogens is 266 g/mol. The normalized spacial score (nSPS) is 25.7.